The van der Waals surface area contributed by atoms with Gasteiger partial charge >= 0.3 is 5.69 Å². The lowest BCUT2D eigenvalue weighted by Crippen LogP contribution is -2.26. The van der Waals surface area contributed by atoms with Gasteiger partial charge in [-0.05, 0) is 30.9 Å². The van der Waals surface area contributed by atoms with Crippen molar-refractivity contribution in [1.82, 2.24) is 0 Å². The third-order valence-corrected chi connectivity index (χ3v) is 3.47. The van der Waals surface area contributed by atoms with Gasteiger partial charge in [0.25, 0.3) is 0 Å². The second-order valence-corrected chi connectivity index (χ2v) is 5.01. The lowest BCUT2D eigenvalue weighted by atomic mass is 9.87. The van der Waals surface area contributed by atoms with Gasteiger partial charge in [-0.3, -0.25) is 10.1 Å². The fraction of sp³-hybridized carbons (Fsp3) is 0.538. The van der Waals surface area contributed by atoms with Gasteiger partial charge in [-0.2, -0.15) is 4.39 Å². The van der Waals surface area contributed by atoms with Crippen LogP contribution in [0.2, 0.25) is 0 Å². The highest BCUT2D eigenvalue weighted by atomic mass is 19.1. The molecule has 0 radical (unpaired) electrons. The molecule has 2 unspecified atom stereocenters. The predicted octanol–water partition coefficient (Wildman–Crippen LogP) is 3.72. The van der Waals surface area contributed by atoms with Crippen molar-refractivity contribution in [3.8, 4) is 0 Å². The van der Waals surface area contributed by atoms with Crippen molar-refractivity contribution in [1.29, 1.82) is 0 Å². The maximum atomic E-state index is 13.5. The molecule has 0 bridgehead atoms. The molecule has 5 heteroatoms. The van der Waals surface area contributed by atoms with Crippen LogP contribution in [0.15, 0.2) is 18.2 Å². The Hall–Kier alpha value is -1.65. The molecule has 0 heterocycles. The molecule has 1 aliphatic carbocycles. The number of nitrogens with one attached hydrogen (secondary N) is 1. The van der Waals surface area contributed by atoms with Gasteiger partial charge in [0, 0.05) is 6.04 Å². The monoisotopic (exact) mass is 252 g/mol. The van der Waals surface area contributed by atoms with E-state index in [2.05, 4.69) is 12.2 Å². The molecule has 1 aromatic carbocycles. The molecule has 2 atom stereocenters. The van der Waals surface area contributed by atoms with Crippen molar-refractivity contribution in [2.24, 2.45) is 5.92 Å². The quantitative estimate of drug-likeness (QED) is 0.658. The Morgan fingerprint density at radius 1 is 1.44 bits per heavy atom. The number of benzene rings is 1. The SMILES string of the molecule is CC1CCCC(Nc2cccc(F)c2[N+](=O)[O-])C1. The molecule has 1 aromatic rings. The van der Waals surface area contributed by atoms with Gasteiger partial charge in [-0.15, -0.1) is 0 Å². The van der Waals surface area contributed by atoms with Crippen molar-refractivity contribution in [3.05, 3.63) is 34.1 Å². The molecule has 0 spiro atoms. The molecule has 0 aromatic heterocycles. The molecule has 0 amide bonds. The minimum atomic E-state index is -0.783. The summed E-state index contributed by atoms with van der Waals surface area (Å²) in [5.74, 6) is -0.169. The summed E-state index contributed by atoms with van der Waals surface area (Å²) in [6.45, 7) is 2.17. The first-order valence-electron chi connectivity index (χ1n) is 6.27. The maximum Gasteiger partial charge on any atom is 0.327 e. The number of para-hydroxylation sites is 1. The average Bonchev–Trinajstić information content (AvgIpc) is 2.28. The largest absolute Gasteiger partial charge is 0.377 e. The van der Waals surface area contributed by atoms with Gasteiger partial charge < -0.3 is 5.32 Å². The number of nitrogens with zero attached hydrogens (tertiary/aromatic N) is 1. The summed E-state index contributed by atoms with van der Waals surface area (Å²) in [6, 6.07) is 4.39. The molecule has 0 aliphatic heterocycles. The summed E-state index contributed by atoms with van der Waals surface area (Å²) < 4.78 is 13.5. The van der Waals surface area contributed by atoms with Crippen molar-refractivity contribution in [3.63, 3.8) is 0 Å². The van der Waals surface area contributed by atoms with Gasteiger partial charge in [-0.1, -0.05) is 25.8 Å². The molecular formula is C13H17FN2O2. The Balaban J connectivity index is 2.18. The summed E-state index contributed by atoms with van der Waals surface area (Å²) in [5.41, 5.74) is -0.158. The highest BCUT2D eigenvalue weighted by molar-refractivity contribution is 5.62. The van der Waals surface area contributed by atoms with Crippen LogP contribution in [0.4, 0.5) is 15.8 Å². The average molecular weight is 252 g/mol. The van der Waals surface area contributed by atoms with Crippen LogP contribution in [0.3, 0.4) is 0 Å². The van der Waals surface area contributed by atoms with E-state index in [4.69, 9.17) is 0 Å². The number of rotatable bonds is 3. The first-order valence-corrected chi connectivity index (χ1v) is 6.27. The third-order valence-electron chi connectivity index (χ3n) is 3.47. The zero-order chi connectivity index (χ0) is 13.1. The number of hydrogen-bond donors (Lipinski definition) is 1. The van der Waals surface area contributed by atoms with E-state index < -0.39 is 16.4 Å². The molecule has 1 saturated carbocycles. The van der Waals surface area contributed by atoms with E-state index >= 15 is 0 Å². The lowest BCUT2D eigenvalue weighted by Gasteiger charge is -2.28. The fourth-order valence-corrected chi connectivity index (χ4v) is 2.60. The minimum absolute atomic E-state index is 0.203. The molecule has 1 aliphatic rings. The van der Waals surface area contributed by atoms with Crippen LogP contribution in [0.5, 0.6) is 0 Å². The maximum absolute atomic E-state index is 13.5. The summed E-state index contributed by atoms with van der Waals surface area (Å²) in [6.07, 6.45) is 4.27. The molecule has 1 fully saturated rings. The van der Waals surface area contributed by atoms with E-state index in [0.717, 1.165) is 25.3 Å². The first-order chi connectivity index (χ1) is 8.58. The van der Waals surface area contributed by atoms with E-state index in [9.17, 15) is 14.5 Å². The summed E-state index contributed by atoms with van der Waals surface area (Å²) >= 11 is 0. The van der Waals surface area contributed by atoms with Crippen LogP contribution in [0, 0.1) is 21.8 Å². The molecule has 2 rings (SSSR count). The lowest BCUT2D eigenvalue weighted by molar-refractivity contribution is -0.386. The van der Waals surface area contributed by atoms with E-state index in [-0.39, 0.29) is 6.04 Å². The summed E-state index contributed by atoms with van der Waals surface area (Å²) in [4.78, 5) is 10.2. The number of nitro groups is 1. The van der Waals surface area contributed by atoms with Crippen molar-refractivity contribution in [2.45, 2.75) is 38.6 Å². The molecular weight excluding hydrogens is 235 g/mol. The standard InChI is InChI=1S/C13H17FN2O2/c1-9-4-2-5-10(8-9)15-12-7-3-6-11(14)13(12)16(17)18/h3,6-7,9-10,15H,2,4-5,8H2,1H3. The normalized spacial score (nSPS) is 23.7. The van der Waals surface area contributed by atoms with Crippen LogP contribution in [-0.2, 0) is 0 Å². The smallest absolute Gasteiger partial charge is 0.327 e. The Morgan fingerprint density at radius 2 is 2.22 bits per heavy atom. The second-order valence-electron chi connectivity index (χ2n) is 5.01. The van der Waals surface area contributed by atoms with Crippen molar-refractivity contribution >= 4 is 11.4 Å². The van der Waals surface area contributed by atoms with Crippen LogP contribution in [0.1, 0.15) is 32.6 Å². The number of nitro benzene ring substituents is 1. The zero-order valence-corrected chi connectivity index (χ0v) is 10.4. The molecule has 4 nitrogen and oxygen atoms in total. The van der Waals surface area contributed by atoms with Crippen molar-refractivity contribution in [2.75, 3.05) is 5.32 Å². The summed E-state index contributed by atoms with van der Waals surface area (Å²) in [5, 5.41) is 14.0. The molecule has 98 valence electrons. The molecule has 18 heavy (non-hydrogen) atoms. The van der Waals surface area contributed by atoms with Crippen LogP contribution >= 0.6 is 0 Å². The Bertz CT molecular complexity index is 451. The third kappa shape index (κ3) is 2.78. The fourth-order valence-electron chi connectivity index (χ4n) is 2.60. The Morgan fingerprint density at radius 3 is 2.89 bits per heavy atom. The zero-order valence-electron chi connectivity index (χ0n) is 10.4. The Labute approximate surface area is 105 Å². The highest BCUT2D eigenvalue weighted by Gasteiger charge is 2.24. The molecule has 1 N–H and O–H groups in total. The van der Waals surface area contributed by atoms with E-state index in [0.29, 0.717) is 11.6 Å². The van der Waals surface area contributed by atoms with Crippen LogP contribution < -0.4 is 5.32 Å². The van der Waals surface area contributed by atoms with Crippen LogP contribution in [0.25, 0.3) is 0 Å². The van der Waals surface area contributed by atoms with E-state index in [1.807, 2.05) is 0 Å². The van der Waals surface area contributed by atoms with Gasteiger partial charge in [0.1, 0.15) is 5.69 Å². The molecule has 0 saturated heterocycles. The van der Waals surface area contributed by atoms with Gasteiger partial charge in [0.2, 0.25) is 5.82 Å². The number of halogens is 1. The topological polar surface area (TPSA) is 55.2 Å². The summed E-state index contributed by atoms with van der Waals surface area (Å²) in [7, 11) is 0. The second kappa shape index (κ2) is 5.33. The van der Waals surface area contributed by atoms with E-state index in [1.165, 1.54) is 12.5 Å². The van der Waals surface area contributed by atoms with E-state index in [1.54, 1.807) is 6.07 Å². The van der Waals surface area contributed by atoms with Crippen LogP contribution in [-0.4, -0.2) is 11.0 Å². The predicted molar refractivity (Wildman–Crippen MR) is 68.1 cm³/mol. The van der Waals surface area contributed by atoms with Gasteiger partial charge in [0.05, 0.1) is 4.92 Å². The Kier molecular flexibility index (Phi) is 3.79. The first kappa shape index (κ1) is 12.8. The number of hydrogen-bond acceptors (Lipinski definition) is 3. The minimum Gasteiger partial charge on any atom is -0.377 e. The van der Waals surface area contributed by atoms with Crippen molar-refractivity contribution < 1.29 is 9.31 Å². The number of anilines is 1. The van der Waals surface area contributed by atoms with Gasteiger partial charge in [-0.25, -0.2) is 0 Å². The highest BCUT2D eigenvalue weighted by Crippen LogP contribution is 2.31. The van der Waals surface area contributed by atoms with Gasteiger partial charge in [0.15, 0.2) is 0 Å².